The number of benzene rings is 3. The first kappa shape index (κ1) is 27.2. The highest BCUT2D eigenvalue weighted by Gasteiger charge is 2.63. The highest BCUT2D eigenvalue weighted by atomic mass is 28.4. The van der Waals surface area contributed by atoms with E-state index in [1.807, 2.05) is 0 Å². The van der Waals surface area contributed by atoms with Gasteiger partial charge in [-0.15, -0.1) is 0 Å². The van der Waals surface area contributed by atoms with Crippen LogP contribution in [0, 0.1) is 23.7 Å². The minimum atomic E-state index is -2.72. The van der Waals surface area contributed by atoms with E-state index in [0.29, 0.717) is 6.61 Å². The molecule has 41 heavy (non-hydrogen) atoms. The highest BCUT2D eigenvalue weighted by molar-refractivity contribution is 6.99. The van der Waals surface area contributed by atoms with Crippen LogP contribution in [0.1, 0.15) is 71.3 Å². The average Bonchev–Trinajstić information content (AvgIpc) is 3.70. The van der Waals surface area contributed by atoms with Gasteiger partial charge in [0.15, 0.2) is 0 Å². The lowest BCUT2D eigenvalue weighted by Gasteiger charge is -2.57. The molecular weight excluding hydrogens is 518 g/mol. The molecule has 1 amide bonds. The Morgan fingerprint density at radius 1 is 0.756 bits per heavy atom. The molecular formula is C37H45NO2Si. The van der Waals surface area contributed by atoms with E-state index in [1.54, 1.807) is 0 Å². The van der Waals surface area contributed by atoms with Crippen LogP contribution in [0.2, 0.25) is 5.04 Å². The van der Waals surface area contributed by atoms with Gasteiger partial charge in [-0.05, 0) is 83.7 Å². The molecule has 2 atom stereocenters. The zero-order valence-electron chi connectivity index (χ0n) is 24.9. The summed E-state index contributed by atoms with van der Waals surface area (Å²) in [6.07, 6.45) is 8.58. The van der Waals surface area contributed by atoms with Gasteiger partial charge in [-0.1, -0.05) is 112 Å². The predicted molar refractivity (Wildman–Crippen MR) is 169 cm³/mol. The van der Waals surface area contributed by atoms with Gasteiger partial charge in [0, 0.05) is 17.6 Å². The molecule has 1 N–H and O–H groups in total. The molecule has 0 radical (unpaired) electrons. The quantitative estimate of drug-likeness (QED) is 0.314. The highest BCUT2D eigenvalue weighted by Crippen LogP contribution is 2.58. The summed E-state index contributed by atoms with van der Waals surface area (Å²) in [5, 5.41) is 6.20. The summed E-state index contributed by atoms with van der Waals surface area (Å²) in [4.78, 5) is 14.2. The average molecular weight is 564 g/mol. The lowest BCUT2D eigenvalue weighted by molar-refractivity contribution is -0.128. The smallest absolute Gasteiger partial charge is 0.261 e. The second-order valence-electron chi connectivity index (χ2n) is 14.9. The van der Waals surface area contributed by atoms with Gasteiger partial charge in [-0.25, -0.2) is 0 Å². The lowest BCUT2D eigenvalue weighted by Crippen LogP contribution is -2.67. The molecule has 0 unspecified atom stereocenters. The Morgan fingerprint density at radius 3 is 1.68 bits per heavy atom. The summed E-state index contributed by atoms with van der Waals surface area (Å²) in [5.41, 5.74) is 0.986. The van der Waals surface area contributed by atoms with Gasteiger partial charge in [-0.2, -0.15) is 0 Å². The van der Waals surface area contributed by atoms with Crippen molar-refractivity contribution >= 4 is 24.6 Å². The molecule has 8 rings (SSSR count). The van der Waals surface area contributed by atoms with Crippen molar-refractivity contribution in [1.82, 2.24) is 5.32 Å². The monoisotopic (exact) mass is 563 g/mol. The van der Waals surface area contributed by atoms with Crippen LogP contribution >= 0.6 is 0 Å². The Morgan fingerprint density at radius 2 is 1.22 bits per heavy atom. The number of nitrogens with one attached hydrogen (secondary N) is 1. The molecule has 214 valence electrons. The molecule has 5 fully saturated rings. The SMILES string of the molecule is CC(C)(C)[Si](OC[C@]1(c2ccccc2)C[C@@H]1C(=O)NC12CC3CC(CC(C3)C1)C2)(c1ccccc1)c1ccccc1. The third-order valence-corrected chi connectivity index (χ3v) is 16.1. The third-order valence-electron chi connectivity index (χ3n) is 11.1. The zero-order chi connectivity index (χ0) is 28.3. The van der Waals surface area contributed by atoms with Gasteiger partial charge in [0.2, 0.25) is 5.91 Å². The van der Waals surface area contributed by atoms with Crippen molar-refractivity contribution in [2.45, 2.75) is 81.7 Å². The molecule has 3 aromatic rings. The topological polar surface area (TPSA) is 38.3 Å². The fourth-order valence-corrected chi connectivity index (χ4v) is 14.2. The Labute approximate surface area is 247 Å². The fourth-order valence-electron chi connectivity index (χ4n) is 9.59. The van der Waals surface area contributed by atoms with Gasteiger partial charge in [-0.3, -0.25) is 4.79 Å². The Hall–Kier alpha value is -2.69. The number of hydrogen-bond donors (Lipinski definition) is 1. The molecule has 4 heteroatoms. The number of rotatable bonds is 8. The van der Waals surface area contributed by atoms with Crippen LogP contribution in [0.15, 0.2) is 91.0 Å². The predicted octanol–water partition coefficient (Wildman–Crippen LogP) is 6.61. The summed E-state index contributed by atoms with van der Waals surface area (Å²) in [7, 11) is -2.72. The van der Waals surface area contributed by atoms with Crippen LogP contribution in [0.5, 0.6) is 0 Å². The van der Waals surface area contributed by atoms with Crippen molar-refractivity contribution in [3.63, 3.8) is 0 Å². The van der Waals surface area contributed by atoms with Crippen LogP contribution < -0.4 is 15.7 Å². The summed E-state index contributed by atoms with van der Waals surface area (Å²) < 4.78 is 7.48. The third kappa shape index (κ3) is 4.62. The second-order valence-corrected chi connectivity index (χ2v) is 19.2. The fraction of sp³-hybridized carbons (Fsp3) is 0.486. The maximum atomic E-state index is 14.2. The lowest BCUT2D eigenvalue weighted by atomic mass is 9.53. The molecule has 0 saturated heterocycles. The Kier molecular flexibility index (Phi) is 6.59. The van der Waals surface area contributed by atoms with Gasteiger partial charge in [0.05, 0.1) is 5.92 Å². The normalized spacial score (nSPS) is 32.1. The molecule has 0 aromatic heterocycles. The summed E-state index contributed by atoms with van der Waals surface area (Å²) in [5.74, 6) is 2.67. The molecule has 3 nitrogen and oxygen atoms in total. The summed E-state index contributed by atoms with van der Waals surface area (Å²) >= 11 is 0. The summed E-state index contributed by atoms with van der Waals surface area (Å²) in [6, 6.07) is 32.5. The van der Waals surface area contributed by atoms with E-state index in [4.69, 9.17) is 4.43 Å². The molecule has 3 aromatic carbocycles. The number of carbonyl (C=O) groups is 1. The molecule has 5 saturated carbocycles. The van der Waals surface area contributed by atoms with Crippen molar-refractivity contribution in [2.24, 2.45) is 23.7 Å². The van der Waals surface area contributed by atoms with Crippen LogP contribution in [0.25, 0.3) is 0 Å². The molecule has 0 aliphatic heterocycles. The molecule has 5 aliphatic rings. The van der Waals surface area contributed by atoms with E-state index in [9.17, 15) is 4.79 Å². The molecule has 5 aliphatic carbocycles. The van der Waals surface area contributed by atoms with Gasteiger partial charge in [0.1, 0.15) is 0 Å². The van der Waals surface area contributed by atoms with Crippen molar-refractivity contribution in [1.29, 1.82) is 0 Å². The second kappa shape index (κ2) is 9.95. The van der Waals surface area contributed by atoms with Crippen LogP contribution in [0.3, 0.4) is 0 Å². The van der Waals surface area contributed by atoms with Gasteiger partial charge < -0.3 is 9.74 Å². The van der Waals surface area contributed by atoms with Crippen LogP contribution in [-0.4, -0.2) is 26.4 Å². The number of carbonyl (C=O) groups excluding carboxylic acids is 1. The first-order chi connectivity index (χ1) is 19.7. The minimum absolute atomic E-state index is 0.0374. The standard InChI is InChI=1S/C37H45NO2Si/c1-35(2,3)41(31-15-9-5-10-16-31,32-17-11-6-12-18-32)40-26-37(30-13-7-4-8-14-30)25-33(37)34(39)38-36-22-27-19-28(23-36)21-29(20-27)24-36/h4-18,27-29,33H,19-26H2,1-3H3,(H,38,39)/t27?,28?,29?,33-,36?,37+/m1/s1. The van der Waals surface area contributed by atoms with Crippen molar-refractivity contribution in [2.75, 3.05) is 6.61 Å². The van der Waals surface area contributed by atoms with E-state index in [1.165, 1.54) is 54.5 Å². The minimum Gasteiger partial charge on any atom is -0.406 e. The van der Waals surface area contributed by atoms with E-state index in [-0.39, 0.29) is 27.8 Å². The van der Waals surface area contributed by atoms with E-state index in [2.05, 4.69) is 117 Å². The van der Waals surface area contributed by atoms with E-state index >= 15 is 0 Å². The molecule has 4 bridgehead atoms. The van der Waals surface area contributed by atoms with Gasteiger partial charge in [0.25, 0.3) is 8.32 Å². The van der Waals surface area contributed by atoms with E-state index < -0.39 is 8.32 Å². The van der Waals surface area contributed by atoms with Crippen molar-refractivity contribution in [3.8, 4) is 0 Å². The first-order valence-corrected chi connectivity index (χ1v) is 17.8. The number of amides is 1. The maximum Gasteiger partial charge on any atom is 0.261 e. The molecule has 0 heterocycles. The first-order valence-electron chi connectivity index (χ1n) is 15.9. The molecule has 0 spiro atoms. The van der Waals surface area contributed by atoms with Crippen molar-refractivity contribution in [3.05, 3.63) is 96.6 Å². The van der Waals surface area contributed by atoms with Crippen LogP contribution in [-0.2, 0) is 14.6 Å². The van der Waals surface area contributed by atoms with E-state index in [0.717, 1.165) is 24.2 Å². The summed E-state index contributed by atoms with van der Waals surface area (Å²) in [6.45, 7) is 7.55. The van der Waals surface area contributed by atoms with Crippen molar-refractivity contribution < 1.29 is 9.22 Å². The zero-order valence-corrected chi connectivity index (χ0v) is 25.9. The number of hydrogen-bond acceptors (Lipinski definition) is 2. The van der Waals surface area contributed by atoms with Crippen LogP contribution in [0.4, 0.5) is 0 Å². The largest absolute Gasteiger partial charge is 0.406 e. The maximum absolute atomic E-state index is 14.2. The Balaban J connectivity index is 1.22. The Bertz CT molecular complexity index is 1310. The van der Waals surface area contributed by atoms with Gasteiger partial charge >= 0.3 is 0 Å².